The molecule has 7 nitrogen and oxygen atoms in total. The van der Waals surface area contributed by atoms with Gasteiger partial charge in [0.1, 0.15) is 17.4 Å². The summed E-state index contributed by atoms with van der Waals surface area (Å²) >= 11 is 1.49. The summed E-state index contributed by atoms with van der Waals surface area (Å²) in [5, 5.41) is 3.38. The number of para-hydroxylation sites is 2. The number of anilines is 2. The number of amides is 1. The number of hydrogen-bond donors (Lipinski definition) is 2. The number of ether oxygens (including phenoxy) is 1. The first-order valence-electron chi connectivity index (χ1n) is 9.92. The molecule has 2 N–H and O–H groups in total. The quantitative estimate of drug-likeness (QED) is 0.377. The minimum absolute atomic E-state index is 0.0704. The van der Waals surface area contributed by atoms with E-state index < -0.39 is 21.7 Å². The minimum Gasteiger partial charge on any atom is -0.364 e. The van der Waals surface area contributed by atoms with E-state index in [2.05, 4.69) is 15.0 Å². The molecule has 1 aromatic heterocycles. The standard InChI is InChI=1S/C23H20FN3O4S2/c1-15-10-11-16(12-21(15)33(29,30)27-18-7-3-2-6-17(18)24)25-22(28)13-31-14-23-26-19-8-4-5-9-20(19)32-23/h2-12,27H,13-14H2,1H3,(H,25,28). The highest BCUT2D eigenvalue weighted by Gasteiger charge is 2.19. The van der Waals surface area contributed by atoms with E-state index in [1.54, 1.807) is 19.1 Å². The Kier molecular flexibility index (Phi) is 6.68. The molecule has 170 valence electrons. The van der Waals surface area contributed by atoms with Crippen molar-refractivity contribution in [2.45, 2.75) is 18.4 Å². The molecule has 4 aromatic rings. The van der Waals surface area contributed by atoms with Gasteiger partial charge >= 0.3 is 0 Å². The van der Waals surface area contributed by atoms with Gasteiger partial charge in [-0.1, -0.05) is 30.3 Å². The van der Waals surface area contributed by atoms with Gasteiger partial charge in [0.25, 0.3) is 10.0 Å². The van der Waals surface area contributed by atoms with E-state index in [4.69, 9.17) is 4.74 Å². The van der Waals surface area contributed by atoms with Crippen molar-refractivity contribution < 1.29 is 22.3 Å². The number of hydrogen-bond acceptors (Lipinski definition) is 6. The number of nitrogens with zero attached hydrogens (tertiary/aromatic N) is 1. The number of halogens is 1. The van der Waals surface area contributed by atoms with E-state index >= 15 is 0 Å². The molecule has 33 heavy (non-hydrogen) atoms. The first-order chi connectivity index (χ1) is 15.8. The number of nitrogens with one attached hydrogen (secondary N) is 2. The molecule has 1 heterocycles. The second kappa shape index (κ2) is 9.65. The Balaban J connectivity index is 1.39. The van der Waals surface area contributed by atoms with Crippen LogP contribution in [-0.4, -0.2) is 25.9 Å². The van der Waals surface area contributed by atoms with Crippen LogP contribution in [0.5, 0.6) is 0 Å². The van der Waals surface area contributed by atoms with Crippen molar-refractivity contribution in [2.75, 3.05) is 16.6 Å². The van der Waals surface area contributed by atoms with Crippen molar-refractivity contribution >= 4 is 48.9 Å². The molecule has 0 spiro atoms. The number of carbonyl (C=O) groups is 1. The smallest absolute Gasteiger partial charge is 0.262 e. The van der Waals surface area contributed by atoms with Gasteiger partial charge in [0.15, 0.2) is 0 Å². The number of benzene rings is 3. The Hall–Kier alpha value is -3.34. The molecule has 0 atom stereocenters. The Bertz CT molecular complexity index is 1390. The highest BCUT2D eigenvalue weighted by atomic mass is 32.2. The van der Waals surface area contributed by atoms with E-state index in [1.165, 1.54) is 35.6 Å². The molecule has 0 fully saturated rings. The van der Waals surface area contributed by atoms with Crippen LogP contribution in [0.1, 0.15) is 10.6 Å². The highest BCUT2D eigenvalue weighted by molar-refractivity contribution is 7.92. The predicted octanol–water partition coefficient (Wildman–Crippen LogP) is 4.70. The van der Waals surface area contributed by atoms with E-state index in [9.17, 15) is 17.6 Å². The third-order valence-electron chi connectivity index (χ3n) is 4.68. The van der Waals surface area contributed by atoms with Gasteiger partial charge in [-0.15, -0.1) is 11.3 Å². The molecular weight excluding hydrogens is 465 g/mol. The van der Waals surface area contributed by atoms with Crippen LogP contribution in [0.2, 0.25) is 0 Å². The molecule has 0 aliphatic heterocycles. The van der Waals surface area contributed by atoms with Gasteiger partial charge in [0.2, 0.25) is 5.91 Å². The molecule has 10 heteroatoms. The Morgan fingerprint density at radius 3 is 2.64 bits per heavy atom. The zero-order chi connectivity index (χ0) is 23.4. The molecule has 0 radical (unpaired) electrons. The van der Waals surface area contributed by atoms with Crippen molar-refractivity contribution in [1.29, 1.82) is 0 Å². The third-order valence-corrected chi connectivity index (χ3v) is 7.19. The Morgan fingerprint density at radius 2 is 1.85 bits per heavy atom. The lowest BCUT2D eigenvalue weighted by Gasteiger charge is -2.13. The van der Waals surface area contributed by atoms with Gasteiger partial charge < -0.3 is 10.1 Å². The first kappa shape index (κ1) is 22.8. The topological polar surface area (TPSA) is 97.4 Å². The highest BCUT2D eigenvalue weighted by Crippen LogP contribution is 2.25. The van der Waals surface area contributed by atoms with Crippen LogP contribution in [-0.2, 0) is 26.2 Å². The largest absolute Gasteiger partial charge is 0.364 e. The van der Waals surface area contributed by atoms with Crippen LogP contribution in [0.15, 0.2) is 71.6 Å². The number of rotatable bonds is 8. The number of aryl methyl sites for hydroxylation is 1. The normalized spacial score (nSPS) is 11.5. The molecule has 0 saturated carbocycles. The maximum Gasteiger partial charge on any atom is 0.262 e. The summed E-state index contributed by atoms with van der Waals surface area (Å²) in [6, 6.07) is 17.7. The van der Waals surface area contributed by atoms with Gasteiger partial charge in [-0.3, -0.25) is 9.52 Å². The fourth-order valence-corrected chi connectivity index (χ4v) is 5.36. The van der Waals surface area contributed by atoms with Crippen LogP contribution < -0.4 is 10.0 Å². The molecule has 3 aromatic carbocycles. The second-order valence-electron chi connectivity index (χ2n) is 7.18. The van der Waals surface area contributed by atoms with Gasteiger partial charge in [-0.25, -0.2) is 17.8 Å². The molecule has 0 bridgehead atoms. The summed E-state index contributed by atoms with van der Waals surface area (Å²) in [5.41, 5.74) is 1.45. The van der Waals surface area contributed by atoms with Gasteiger partial charge in [-0.05, 0) is 48.9 Å². The van der Waals surface area contributed by atoms with Crippen molar-refractivity contribution in [3.8, 4) is 0 Å². The zero-order valence-electron chi connectivity index (χ0n) is 17.5. The van der Waals surface area contributed by atoms with E-state index in [-0.39, 0.29) is 29.5 Å². The van der Waals surface area contributed by atoms with Crippen molar-refractivity contribution in [1.82, 2.24) is 4.98 Å². The maximum absolute atomic E-state index is 13.9. The first-order valence-corrected chi connectivity index (χ1v) is 12.2. The maximum atomic E-state index is 13.9. The molecule has 0 saturated heterocycles. The lowest BCUT2D eigenvalue weighted by Crippen LogP contribution is -2.19. The molecule has 0 aliphatic carbocycles. The van der Waals surface area contributed by atoms with Crippen LogP contribution in [0, 0.1) is 12.7 Å². The van der Waals surface area contributed by atoms with Crippen molar-refractivity contribution in [3.05, 3.63) is 83.1 Å². The predicted molar refractivity (Wildman–Crippen MR) is 126 cm³/mol. The zero-order valence-corrected chi connectivity index (χ0v) is 19.2. The number of fused-ring (bicyclic) bond motifs is 1. The SMILES string of the molecule is Cc1ccc(NC(=O)COCc2nc3ccccc3s2)cc1S(=O)(=O)Nc1ccccc1F. The van der Waals surface area contributed by atoms with Crippen LogP contribution in [0.25, 0.3) is 10.2 Å². The van der Waals surface area contributed by atoms with Crippen molar-refractivity contribution in [3.63, 3.8) is 0 Å². The number of carbonyl (C=O) groups excluding carboxylic acids is 1. The van der Waals surface area contributed by atoms with Crippen LogP contribution >= 0.6 is 11.3 Å². The summed E-state index contributed by atoms with van der Waals surface area (Å²) in [6.07, 6.45) is 0. The average Bonchev–Trinajstić information content (AvgIpc) is 3.19. The third kappa shape index (κ3) is 5.54. The average molecular weight is 486 g/mol. The van der Waals surface area contributed by atoms with Gasteiger partial charge in [-0.2, -0.15) is 0 Å². The number of sulfonamides is 1. The fourth-order valence-electron chi connectivity index (χ4n) is 3.12. The molecular formula is C23H20FN3O4S2. The van der Waals surface area contributed by atoms with Crippen LogP contribution in [0.4, 0.5) is 15.8 Å². The van der Waals surface area contributed by atoms with Gasteiger partial charge in [0, 0.05) is 5.69 Å². The lowest BCUT2D eigenvalue weighted by molar-refractivity contribution is -0.121. The van der Waals surface area contributed by atoms with E-state index in [0.29, 0.717) is 5.56 Å². The molecule has 0 aliphatic rings. The summed E-state index contributed by atoms with van der Waals surface area (Å²) in [4.78, 5) is 16.7. The monoisotopic (exact) mass is 485 g/mol. The molecule has 4 rings (SSSR count). The number of aromatic nitrogens is 1. The van der Waals surface area contributed by atoms with E-state index in [1.807, 2.05) is 24.3 Å². The summed E-state index contributed by atoms with van der Waals surface area (Å²) < 4.78 is 48.2. The summed E-state index contributed by atoms with van der Waals surface area (Å²) in [5.74, 6) is -1.13. The molecule has 0 unspecified atom stereocenters. The Labute approximate surface area is 194 Å². The Morgan fingerprint density at radius 1 is 1.09 bits per heavy atom. The fraction of sp³-hybridized carbons (Fsp3) is 0.130. The molecule has 1 amide bonds. The minimum atomic E-state index is -4.07. The summed E-state index contributed by atoms with van der Waals surface area (Å²) in [6.45, 7) is 1.58. The van der Waals surface area contributed by atoms with Crippen molar-refractivity contribution in [2.24, 2.45) is 0 Å². The second-order valence-corrected chi connectivity index (χ2v) is 9.95. The van der Waals surface area contributed by atoms with Gasteiger partial charge in [0.05, 0.1) is 27.4 Å². The summed E-state index contributed by atoms with van der Waals surface area (Å²) in [7, 11) is -4.07. The lowest BCUT2D eigenvalue weighted by atomic mass is 10.2. The van der Waals surface area contributed by atoms with Crippen LogP contribution in [0.3, 0.4) is 0 Å². The number of thiazole rings is 1. The van der Waals surface area contributed by atoms with E-state index in [0.717, 1.165) is 21.3 Å².